The summed E-state index contributed by atoms with van der Waals surface area (Å²) in [5.74, 6) is -0.0973. The van der Waals surface area contributed by atoms with Gasteiger partial charge in [-0.2, -0.15) is 9.97 Å². The third kappa shape index (κ3) is 3.62. The number of pyridine rings is 1. The van der Waals surface area contributed by atoms with Crippen LogP contribution < -0.4 is 9.47 Å². The molecule has 2 N–H and O–H groups in total. The summed E-state index contributed by atoms with van der Waals surface area (Å²) in [7, 11) is 0. The van der Waals surface area contributed by atoms with E-state index in [1.807, 2.05) is 0 Å². The van der Waals surface area contributed by atoms with Crippen LogP contribution in [0.2, 0.25) is 5.02 Å². The molecule has 1 aromatic carbocycles. The molecule has 2 saturated heterocycles. The van der Waals surface area contributed by atoms with Crippen LogP contribution in [0.4, 0.5) is 4.39 Å². The van der Waals surface area contributed by atoms with Gasteiger partial charge in [0.15, 0.2) is 11.8 Å². The van der Waals surface area contributed by atoms with E-state index in [4.69, 9.17) is 30.5 Å². The summed E-state index contributed by atoms with van der Waals surface area (Å²) in [6.07, 6.45) is -1.76. The maximum absolute atomic E-state index is 13.0. The molecule has 0 aliphatic carbocycles. The smallest absolute Gasteiger partial charge is 0.296 e. The Morgan fingerprint density at radius 3 is 2.79 bits per heavy atom. The predicted molar refractivity (Wildman–Crippen MR) is 99.5 cm³/mol. The second-order valence-corrected chi connectivity index (χ2v) is 7.33. The third-order valence-electron chi connectivity index (χ3n) is 4.91. The van der Waals surface area contributed by atoms with Gasteiger partial charge in [0.1, 0.15) is 35.8 Å². The number of imidazole rings is 1. The van der Waals surface area contributed by atoms with Crippen LogP contribution in [0.3, 0.4) is 0 Å². The van der Waals surface area contributed by atoms with E-state index < -0.39 is 6.10 Å². The zero-order valence-electron chi connectivity index (χ0n) is 15.0. The number of fused-ring (bicyclic) bond motifs is 2. The standard InChI is InChI=1S/C19H17ClFN3O5/c20-11-5-12-17(23-18(11)28-6-9-1-3-10(21)4-2-9)24-19(22-12)29-14-8-27-15-13(25)7-26-16(14)15/h1-5,13-16,25H,6-8H2,(H,22,23,24)/t13-,14-,15-,16-/m1/s1. The number of benzene rings is 1. The summed E-state index contributed by atoms with van der Waals surface area (Å²) in [5.41, 5.74) is 1.74. The third-order valence-corrected chi connectivity index (χ3v) is 5.18. The van der Waals surface area contributed by atoms with Crippen molar-refractivity contribution in [1.29, 1.82) is 0 Å². The zero-order valence-corrected chi connectivity index (χ0v) is 15.8. The average Bonchev–Trinajstić information content (AvgIpc) is 3.38. The number of hydrogen-bond donors (Lipinski definition) is 2. The number of nitrogens with zero attached hydrogens (tertiary/aromatic N) is 2. The summed E-state index contributed by atoms with van der Waals surface area (Å²) in [6, 6.07) is 7.87. The van der Waals surface area contributed by atoms with E-state index in [0.717, 1.165) is 5.56 Å². The van der Waals surface area contributed by atoms with Crippen LogP contribution in [0.15, 0.2) is 30.3 Å². The van der Waals surface area contributed by atoms with Crippen LogP contribution in [0.25, 0.3) is 11.2 Å². The average molecular weight is 422 g/mol. The van der Waals surface area contributed by atoms with Crippen molar-refractivity contribution in [2.75, 3.05) is 13.2 Å². The highest BCUT2D eigenvalue weighted by Crippen LogP contribution is 2.31. The molecule has 0 bridgehead atoms. The monoisotopic (exact) mass is 421 g/mol. The molecule has 29 heavy (non-hydrogen) atoms. The number of nitrogens with one attached hydrogen (secondary N) is 1. The highest BCUT2D eigenvalue weighted by molar-refractivity contribution is 6.32. The number of aromatic nitrogens is 3. The number of aliphatic hydroxyl groups is 1. The van der Waals surface area contributed by atoms with E-state index in [1.54, 1.807) is 18.2 Å². The molecular weight excluding hydrogens is 405 g/mol. The Bertz CT molecular complexity index is 1030. The van der Waals surface area contributed by atoms with E-state index in [1.165, 1.54) is 12.1 Å². The minimum Gasteiger partial charge on any atom is -0.472 e. The molecule has 3 aromatic rings. The van der Waals surface area contributed by atoms with Gasteiger partial charge in [-0.15, -0.1) is 0 Å². The van der Waals surface area contributed by atoms with Crippen LogP contribution in [0.1, 0.15) is 5.56 Å². The molecule has 0 amide bonds. The second kappa shape index (κ2) is 7.42. The van der Waals surface area contributed by atoms with Gasteiger partial charge in [-0.1, -0.05) is 23.7 Å². The first-order valence-corrected chi connectivity index (χ1v) is 9.46. The van der Waals surface area contributed by atoms with E-state index in [-0.39, 0.29) is 49.2 Å². The lowest BCUT2D eigenvalue weighted by Gasteiger charge is -2.15. The van der Waals surface area contributed by atoms with Crippen molar-refractivity contribution < 1.29 is 28.4 Å². The van der Waals surface area contributed by atoms with Crippen molar-refractivity contribution in [3.05, 3.63) is 46.7 Å². The fourth-order valence-electron chi connectivity index (χ4n) is 3.46. The van der Waals surface area contributed by atoms with Gasteiger partial charge >= 0.3 is 0 Å². The molecule has 4 atom stereocenters. The molecule has 0 spiro atoms. The van der Waals surface area contributed by atoms with Gasteiger partial charge in [0.2, 0.25) is 5.88 Å². The summed E-state index contributed by atoms with van der Waals surface area (Å²) in [5, 5.41) is 10.1. The quantitative estimate of drug-likeness (QED) is 0.651. The van der Waals surface area contributed by atoms with Gasteiger partial charge in [-0.25, -0.2) is 4.39 Å². The maximum Gasteiger partial charge on any atom is 0.296 e. The van der Waals surface area contributed by atoms with Gasteiger partial charge in [0.25, 0.3) is 6.01 Å². The van der Waals surface area contributed by atoms with Gasteiger partial charge < -0.3 is 29.0 Å². The zero-order chi connectivity index (χ0) is 20.0. The van der Waals surface area contributed by atoms with Crippen molar-refractivity contribution in [3.8, 4) is 11.9 Å². The molecule has 2 aromatic heterocycles. The van der Waals surface area contributed by atoms with Crippen LogP contribution >= 0.6 is 11.6 Å². The highest BCUT2D eigenvalue weighted by Gasteiger charge is 2.48. The van der Waals surface area contributed by atoms with E-state index >= 15 is 0 Å². The van der Waals surface area contributed by atoms with Crippen molar-refractivity contribution in [3.63, 3.8) is 0 Å². The largest absolute Gasteiger partial charge is 0.472 e. The lowest BCUT2D eigenvalue weighted by Crippen LogP contribution is -2.34. The molecule has 0 saturated carbocycles. The van der Waals surface area contributed by atoms with Gasteiger partial charge in [0.05, 0.1) is 18.7 Å². The summed E-state index contributed by atoms with van der Waals surface area (Å²) < 4.78 is 35.6. The van der Waals surface area contributed by atoms with E-state index in [9.17, 15) is 9.50 Å². The van der Waals surface area contributed by atoms with Crippen molar-refractivity contribution in [2.24, 2.45) is 0 Å². The van der Waals surface area contributed by atoms with Gasteiger partial charge in [0, 0.05) is 0 Å². The minimum absolute atomic E-state index is 0.189. The Hall–Kier alpha value is -2.46. The van der Waals surface area contributed by atoms with E-state index in [0.29, 0.717) is 22.8 Å². The first kappa shape index (κ1) is 18.6. The lowest BCUT2D eigenvalue weighted by molar-refractivity contribution is 0.00706. The number of aliphatic hydroxyl groups excluding tert-OH is 1. The highest BCUT2D eigenvalue weighted by atomic mass is 35.5. The Labute approximate surface area is 169 Å². The first-order valence-electron chi connectivity index (χ1n) is 9.08. The van der Waals surface area contributed by atoms with Crippen molar-refractivity contribution in [1.82, 2.24) is 15.0 Å². The maximum atomic E-state index is 13.0. The van der Waals surface area contributed by atoms with Crippen LogP contribution in [-0.4, -0.2) is 57.7 Å². The summed E-state index contributed by atoms with van der Waals surface area (Å²) in [4.78, 5) is 11.7. The second-order valence-electron chi connectivity index (χ2n) is 6.92. The topological polar surface area (TPSA) is 98.7 Å². The molecule has 5 rings (SSSR count). The van der Waals surface area contributed by atoms with Crippen molar-refractivity contribution in [2.45, 2.75) is 31.0 Å². The number of aromatic amines is 1. The Morgan fingerprint density at radius 2 is 1.97 bits per heavy atom. The van der Waals surface area contributed by atoms with Crippen LogP contribution in [0, 0.1) is 5.82 Å². The van der Waals surface area contributed by atoms with Crippen molar-refractivity contribution >= 4 is 22.8 Å². The Kier molecular flexibility index (Phi) is 4.75. The summed E-state index contributed by atoms with van der Waals surface area (Å²) in [6.45, 7) is 0.708. The first-order chi connectivity index (χ1) is 14.1. The fraction of sp³-hybridized carbons (Fsp3) is 0.368. The predicted octanol–water partition coefficient (Wildman–Crippen LogP) is 2.24. The Balaban J connectivity index is 1.31. The Morgan fingerprint density at radius 1 is 1.17 bits per heavy atom. The number of rotatable bonds is 5. The number of halogens is 2. The molecule has 0 unspecified atom stereocenters. The number of ether oxygens (including phenoxy) is 4. The van der Waals surface area contributed by atoms with Crippen LogP contribution in [-0.2, 0) is 16.1 Å². The fourth-order valence-corrected chi connectivity index (χ4v) is 3.66. The van der Waals surface area contributed by atoms with Crippen LogP contribution in [0.5, 0.6) is 11.9 Å². The molecule has 152 valence electrons. The lowest BCUT2D eigenvalue weighted by atomic mass is 10.1. The molecular formula is C19H17ClFN3O5. The van der Waals surface area contributed by atoms with E-state index in [2.05, 4.69) is 15.0 Å². The molecule has 2 fully saturated rings. The number of hydrogen-bond acceptors (Lipinski definition) is 7. The molecule has 10 heteroatoms. The SMILES string of the molecule is O[C@@H]1CO[C@H]2[C@@H]1OC[C@H]2Oc1nc2nc(OCc3ccc(F)cc3)c(Cl)cc2[nH]1. The molecule has 0 radical (unpaired) electrons. The molecule has 8 nitrogen and oxygen atoms in total. The minimum atomic E-state index is -0.648. The molecule has 4 heterocycles. The normalized spacial score (nSPS) is 26.0. The molecule has 2 aliphatic heterocycles. The molecule has 2 aliphatic rings. The van der Waals surface area contributed by atoms with Gasteiger partial charge in [-0.05, 0) is 23.8 Å². The number of H-pyrrole nitrogens is 1. The van der Waals surface area contributed by atoms with Gasteiger partial charge in [-0.3, -0.25) is 0 Å². The summed E-state index contributed by atoms with van der Waals surface area (Å²) >= 11 is 6.26.